The number of nitrogens with zero attached hydrogens (tertiary/aromatic N) is 1. The number of nitrogens with one attached hydrogen (secondary N) is 1. The summed E-state index contributed by atoms with van der Waals surface area (Å²) in [5.41, 5.74) is 3.88. The third-order valence-corrected chi connectivity index (χ3v) is 6.77. The molecule has 0 aromatic heterocycles. The van der Waals surface area contributed by atoms with Gasteiger partial charge in [0.25, 0.3) is 10.0 Å². The normalized spacial score (nSPS) is 11.0. The first-order valence-corrected chi connectivity index (χ1v) is 11.7. The molecule has 0 aliphatic rings. The van der Waals surface area contributed by atoms with E-state index < -0.39 is 28.4 Å². The van der Waals surface area contributed by atoms with Crippen molar-refractivity contribution in [2.75, 3.05) is 23.3 Å². The third-order valence-electron chi connectivity index (χ3n) is 4.98. The zero-order valence-electron chi connectivity index (χ0n) is 19.0. The van der Waals surface area contributed by atoms with Crippen molar-refractivity contribution < 1.29 is 22.7 Å². The highest BCUT2D eigenvalue weighted by Gasteiger charge is 2.27. The summed E-state index contributed by atoms with van der Waals surface area (Å²) in [7, 11) is -2.72. The number of carbonyl (C=O) groups is 2. The molecule has 0 aliphatic carbocycles. The van der Waals surface area contributed by atoms with Gasteiger partial charge in [-0.05, 0) is 80.4 Å². The summed E-state index contributed by atoms with van der Waals surface area (Å²) in [5, 5.41) is 2.69. The van der Waals surface area contributed by atoms with Crippen LogP contribution in [0, 0.1) is 20.8 Å². The molecule has 172 valence electrons. The number of sulfonamides is 1. The maximum absolute atomic E-state index is 13.5. The van der Waals surface area contributed by atoms with Crippen molar-refractivity contribution in [3.63, 3.8) is 0 Å². The number of methoxy groups -OCH3 is 1. The second-order valence-corrected chi connectivity index (χ2v) is 9.65. The van der Waals surface area contributed by atoms with Gasteiger partial charge in [0.05, 0.1) is 23.3 Å². The number of hydrogen-bond acceptors (Lipinski definition) is 5. The number of carbonyl (C=O) groups excluding carboxylic acids is 2. The van der Waals surface area contributed by atoms with Crippen molar-refractivity contribution in [2.45, 2.75) is 25.7 Å². The van der Waals surface area contributed by atoms with Crippen LogP contribution in [0.25, 0.3) is 0 Å². The van der Waals surface area contributed by atoms with Crippen molar-refractivity contribution in [1.29, 1.82) is 0 Å². The van der Waals surface area contributed by atoms with E-state index in [0.717, 1.165) is 21.0 Å². The lowest BCUT2D eigenvalue weighted by atomic mass is 10.1. The predicted molar refractivity (Wildman–Crippen MR) is 128 cm³/mol. The van der Waals surface area contributed by atoms with E-state index in [2.05, 4.69) is 10.1 Å². The van der Waals surface area contributed by atoms with Crippen LogP contribution < -0.4 is 9.62 Å². The van der Waals surface area contributed by atoms with E-state index in [-0.39, 0.29) is 4.90 Å². The van der Waals surface area contributed by atoms with Crippen LogP contribution in [0.5, 0.6) is 0 Å². The molecule has 0 radical (unpaired) electrons. The van der Waals surface area contributed by atoms with Gasteiger partial charge in [-0.2, -0.15) is 0 Å². The van der Waals surface area contributed by atoms with Crippen molar-refractivity contribution >= 4 is 33.3 Å². The molecule has 0 spiro atoms. The summed E-state index contributed by atoms with van der Waals surface area (Å²) in [6, 6.07) is 18.0. The van der Waals surface area contributed by atoms with Gasteiger partial charge in [0, 0.05) is 5.69 Å². The highest BCUT2D eigenvalue weighted by atomic mass is 32.2. The quantitative estimate of drug-likeness (QED) is 0.526. The molecule has 0 heterocycles. The number of hydrogen-bond donors (Lipinski definition) is 1. The molecule has 33 heavy (non-hydrogen) atoms. The van der Waals surface area contributed by atoms with Crippen LogP contribution in [-0.2, 0) is 19.6 Å². The third kappa shape index (κ3) is 5.78. The molecule has 0 fully saturated rings. The zero-order valence-corrected chi connectivity index (χ0v) is 19.8. The molecule has 0 atom stereocenters. The highest BCUT2D eigenvalue weighted by molar-refractivity contribution is 7.92. The van der Waals surface area contributed by atoms with Gasteiger partial charge in [-0.15, -0.1) is 0 Å². The van der Waals surface area contributed by atoms with Crippen LogP contribution in [0.3, 0.4) is 0 Å². The van der Waals surface area contributed by atoms with Gasteiger partial charge in [0.1, 0.15) is 6.54 Å². The lowest BCUT2D eigenvalue weighted by Crippen LogP contribution is -2.38. The van der Waals surface area contributed by atoms with Crippen LogP contribution in [0.15, 0.2) is 71.6 Å². The number of ether oxygens (including phenoxy) is 1. The van der Waals surface area contributed by atoms with E-state index in [1.165, 1.54) is 31.4 Å². The van der Waals surface area contributed by atoms with E-state index in [1.54, 1.807) is 36.4 Å². The number of amides is 1. The number of benzene rings is 3. The first-order valence-electron chi connectivity index (χ1n) is 10.3. The standard InChI is InChI=1S/C25H26N2O5S/c1-17-5-11-23(12-6-17)33(30,31)27(22-14-18(2)13-19(3)15-22)16-24(28)26-21-9-7-20(8-10-21)25(29)32-4/h5-15H,16H2,1-4H3,(H,26,28). The monoisotopic (exact) mass is 466 g/mol. The van der Waals surface area contributed by atoms with Crippen molar-refractivity contribution in [1.82, 2.24) is 0 Å². The van der Waals surface area contributed by atoms with Gasteiger partial charge in [0.15, 0.2) is 0 Å². The fourth-order valence-electron chi connectivity index (χ4n) is 3.39. The lowest BCUT2D eigenvalue weighted by Gasteiger charge is -2.25. The van der Waals surface area contributed by atoms with E-state index in [0.29, 0.717) is 16.9 Å². The average molecular weight is 467 g/mol. The average Bonchev–Trinajstić information content (AvgIpc) is 2.77. The van der Waals surface area contributed by atoms with Crippen LogP contribution >= 0.6 is 0 Å². The maximum atomic E-state index is 13.5. The smallest absolute Gasteiger partial charge is 0.337 e. The van der Waals surface area contributed by atoms with Crippen LogP contribution in [0.2, 0.25) is 0 Å². The predicted octanol–water partition coefficient (Wildman–Crippen LogP) is 4.23. The molecular formula is C25H26N2O5S. The Morgan fingerprint density at radius 3 is 1.97 bits per heavy atom. The second kappa shape index (κ2) is 9.87. The first-order chi connectivity index (χ1) is 15.6. The molecule has 3 rings (SSSR count). The number of rotatable bonds is 7. The molecule has 1 amide bonds. The van der Waals surface area contributed by atoms with Gasteiger partial charge >= 0.3 is 5.97 Å². The molecule has 7 nitrogen and oxygen atoms in total. The summed E-state index contributed by atoms with van der Waals surface area (Å²) in [6.07, 6.45) is 0. The second-order valence-electron chi connectivity index (χ2n) is 7.79. The maximum Gasteiger partial charge on any atom is 0.337 e. The van der Waals surface area contributed by atoms with Crippen LogP contribution in [0.4, 0.5) is 11.4 Å². The van der Waals surface area contributed by atoms with E-state index in [4.69, 9.17) is 0 Å². The Balaban J connectivity index is 1.92. The first kappa shape index (κ1) is 24.0. The summed E-state index contributed by atoms with van der Waals surface area (Å²) in [4.78, 5) is 24.6. The molecule has 0 unspecified atom stereocenters. The number of aryl methyl sites for hydroxylation is 3. The Bertz CT molecular complexity index is 1250. The molecule has 3 aromatic carbocycles. The molecule has 0 aliphatic heterocycles. The van der Waals surface area contributed by atoms with Gasteiger partial charge < -0.3 is 10.1 Å². The van der Waals surface area contributed by atoms with Crippen LogP contribution in [-0.4, -0.2) is 33.9 Å². The van der Waals surface area contributed by atoms with Crippen molar-refractivity contribution in [2.24, 2.45) is 0 Å². The van der Waals surface area contributed by atoms with Gasteiger partial charge in [-0.1, -0.05) is 23.8 Å². The Morgan fingerprint density at radius 1 is 0.848 bits per heavy atom. The Hall–Kier alpha value is -3.65. The topological polar surface area (TPSA) is 92.8 Å². The molecule has 8 heteroatoms. The molecule has 0 saturated carbocycles. The summed E-state index contributed by atoms with van der Waals surface area (Å²) in [6.45, 7) is 5.20. The largest absolute Gasteiger partial charge is 0.465 e. The van der Waals surface area contributed by atoms with Gasteiger partial charge in [0.2, 0.25) is 5.91 Å². The molecule has 0 bridgehead atoms. The van der Waals surface area contributed by atoms with Crippen molar-refractivity contribution in [3.8, 4) is 0 Å². The SMILES string of the molecule is COC(=O)c1ccc(NC(=O)CN(c2cc(C)cc(C)c2)S(=O)(=O)c2ccc(C)cc2)cc1. The van der Waals surface area contributed by atoms with Crippen LogP contribution in [0.1, 0.15) is 27.0 Å². The zero-order chi connectivity index (χ0) is 24.2. The summed E-state index contributed by atoms with van der Waals surface area (Å²) >= 11 is 0. The van der Waals surface area contributed by atoms with E-state index in [9.17, 15) is 18.0 Å². The fraction of sp³-hybridized carbons (Fsp3) is 0.200. The van der Waals surface area contributed by atoms with Gasteiger partial charge in [-0.25, -0.2) is 13.2 Å². The number of esters is 1. The molecule has 3 aromatic rings. The van der Waals surface area contributed by atoms with E-state index in [1.807, 2.05) is 26.8 Å². The Labute approximate surface area is 194 Å². The minimum atomic E-state index is -4.00. The minimum absolute atomic E-state index is 0.0995. The van der Waals surface area contributed by atoms with Crippen molar-refractivity contribution in [3.05, 3.63) is 89.0 Å². The lowest BCUT2D eigenvalue weighted by molar-refractivity contribution is -0.114. The summed E-state index contributed by atoms with van der Waals surface area (Å²) < 4.78 is 32.8. The van der Waals surface area contributed by atoms with Gasteiger partial charge in [-0.3, -0.25) is 9.10 Å². The molecule has 1 N–H and O–H groups in total. The minimum Gasteiger partial charge on any atom is -0.465 e. The molecular weight excluding hydrogens is 440 g/mol. The van der Waals surface area contributed by atoms with E-state index >= 15 is 0 Å². The number of anilines is 2. The molecule has 0 saturated heterocycles. The Morgan fingerprint density at radius 2 is 1.42 bits per heavy atom. The highest BCUT2D eigenvalue weighted by Crippen LogP contribution is 2.26. The fourth-order valence-corrected chi connectivity index (χ4v) is 4.79. The summed E-state index contributed by atoms with van der Waals surface area (Å²) in [5.74, 6) is -1.01. The Kier molecular flexibility index (Phi) is 7.18.